The van der Waals surface area contributed by atoms with Crippen LogP contribution in [0.3, 0.4) is 0 Å². The fraction of sp³-hybridized carbons (Fsp3) is 0.750. The number of fused-ring (bicyclic) bond motifs is 2. The van der Waals surface area contributed by atoms with E-state index in [4.69, 9.17) is 4.74 Å². The molecule has 3 rings (SSSR count). The predicted octanol–water partition coefficient (Wildman–Crippen LogP) is 1.87. The van der Waals surface area contributed by atoms with Gasteiger partial charge in [-0.25, -0.2) is 0 Å². The Morgan fingerprint density at radius 2 is 1.52 bits per heavy atom. The molecule has 2 fully saturated rings. The van der Waals surface area contributed by atoms with E-state index in [1.807, 2.05) is 6.08 Å². The maximum absolute atomic E-state index is 12.5. The van der Waals surface area contributed by atoms with Gasteiger partial charge in [0.15, 0.2) is 0 Å². The molecule has 1 amide bonds. The highest BCUT2D eigenvalue weighted by molar-refractivity contribution is 5.87. The molecule has 2 N–H and O–H groups in total. The van der Waals surface area contributed by atoms with Gasteiger partial charge in [0.2, 0.25) is 5.91 Å². The molecule has 21 heavy (non-hydrogen) atoms. The molecule has 2 aliphatic heterocycles. The van der Waals surface area contributed by atoms with E-state index >= 15 is 0 Å². The van der Waals surface area contributed by atoms with Gasteiger partial charge < -0.3 is 15.2 Å². The van der Waals surface area contributed by atoms with E-state index in [0.717, 1.165) is 25.7 Å². The summed E-state index contributed by atoms with van der Waals surface area (Å²) in [6.07, 6.45) is 10.8. The average Bonchev–Trinajstić information content (AvgIpc) is 3.01. The summed E-state index contributed by atoms with van der Waals surface area (Å²) in [4.78, 5) is 23.9. The van der Waals surface area contributed by atoms with Crippen LogP contribution in [-0.2, 0) is 14.3 Å². The number of carboxylic acid groups (broad SMARTS) is 1. The molecule has 0 aromatic rings. The lowest BCUT2D eigenvalue weighted by atomic mass is 9.82. The molecule has 0 unspecified atom stereocenters. The van der Waals surface area contributed by atoms with Crippen molar-refractivity contribution < 1.29 is 19.4 Å². The van der Waals surface area contributed by atoms with Gasteiger partial charge in [0.25, 0.3) is 0 Å². The summed E-state index contributed by atoms with van der Waals surface area (Å²) in [5.74, 6) is -2.41. The van der Waals surface area contributed by atoms with Crippen LogP contribution in [0.5, 0.6) is 0 Å². The van der Waals surface area contributed by atoms with Gasteiger partial charge in [0, 0.05) is 6.04 Å². The van der Waals surface area contributed by atoms with Crippen LogP contribution in [0.4, 0.5) is 0 Å². The van der Waals surface area contributed by atoms with Gasteiger partial charge in [-0.05, 0) is 12.8 Å². The minimum absolute atomic E-state index is 0.148. The Bertz CT molecular complexity index is 440. The average molecular weight is 293 g/mol. The second-order valence-electron chi connectivity index (χ2n) is 6.39. The molecule has 1 saturated carbocycles. The fourth-order valence-corrected chi connectivity index (χ4v) is 3.81. The van der Waals surface area contributed by atoms with Crippen LogP contribution in [0.1, 0.15) is 44.9 Å². The van der Waals surface area contributed by atoms with Gasteiger partial charge in [-0.15, -0.1) is 0 Å². The number of carboxylic acids is 1. The Morgan fingerprint density at radius 1 is 0.952 bits per heavy atom. The number of rotatable bonds is 3. The Balaban J connectivity index is 1.64. The third-order valence-corrected chi connectivity index (χ3v) is 4.94. The van der Waals surface area contributed by atoms with Crippen molar-refractivity contribution in [3.63, 3.8) is 0 Å². The van der Waals surface area contributed by atoms with E-state index in [9.17, 15) is 14.7 Å². The lowest BCUT2D eigenvalue weighted by Crippen LogP contribution is -2.46. The summed E-state index contributed by atoms with van der Waals surface area (Å²) in [6, 6.07) is 0.190. The fourth-order valence-electron chi connectivity index (χ4n) is 3.81. The van der Waals surface area contributed by atoms with Gasteiger partial charge in [-0.1, -0.05) is 44.3 Å². The minimum atomic E-state index is -0.940. The van der Waals surface area contributed by atoms with E-state index < -0.39 is 23.9 Å². The number of hydrogen-bond donors (Lipinski definition) is 2. The van der Waals surface area contributed by atoms with Crippen LogP contribution in [0.15, 0.2) is 12.2 Å². The topological polar surface area (TPSA) is 75.6 Å². The molecule has 116 valence electrons. The van der Waals surface area contributed by atoms with Crippen LogP contribution in [-0.4, -0.2) is 35.2 Å². The Labute approximate surface area is 124 Å². The van der Waals surface area contributed by atoms with Crippen molar-refractivity contribution in [3.05, 3.63) is 12.2 Å². The van der Waals surface area contributed by atoms with E-state index in [1.54, 1.807) is 6.08 Å². The number of carbonyl (C=O) groups excluding carboxylic acids is 1. The second kappa shape index (κ2) is 6.18. The quantitative estimate of drug-likeness (QED) is 0.779. The van der Waals surface area contributed by atoms with Gasteiger partial charge in [0.05, 0.1) is 18.1 Å². The maximum Gasteiger partial charge on any atom is 0.310 e. The van der Waals surface area contributed by atoms with E-state index in [1.165, 1.54) is 19.3 Å². The molecule has 3 aliphatic rings. The van der Waals surface area contributed by atoms with Gasteiger partial charge in [-0.2, -0.15) is 0 Å². The normalized spacial score (nSPS) is 36.2. The SMILES string of the molecule is O=C(O)[C@@H]1[C@@H](C(=O)NC2CCCCCCC2)[C@H]2C=C[C@H]1O2. The lowest BCUT2D eigenvalue weighted by molar-refractivity contribution is -0.146. The molecule has 5 heteroatoms. The Kier molecular flexibility index (Phi) is 4.29. The highest BCUT2D eigenvalue weighted by Gasteiger charge is 2.53. The van der Waals surface area contributed by atoms with E-state index in [-0.39, 0.29) is 18.1 Å². The zero-order valence-corrected chi connectivity index (χ0v) is 12.2. The van der Waals surface area contributed by atoms with Crippen molar-refractivity contribution in [3.8, 4) is 0 Å². The predicted molar refractivity (Wildman–Crippen MR) is 76.7 cm³/mol. The third-order valence-electron chi connectivity index (χ3n) is 4.94. The molecule has 0 aromatic carbocycles. The summed E-state index contributed by atoms with van der Waals surface area (Å²) in [5.41, 5.74) is 0. The zero-order valence-electron chi connectivity index (χ0n) is 12.2. The first-order chi connectivity index (χ1) is 10.2. The summed E-state index contributed by atoms with van der Waals surface area (Å²) in [6.45, 7) is 0. The largest absolute Gasteiger partial charge is 0.481 e. The highest BCUT2D eigenvalue weighted by Crippen LogP contribution is 2.39. The first kappa shape index (κ1) is 14.6. The standard InChI is InChI=1S/C16H23NO4/c18-15(17-10-6-4-2-1-3-5-7-10)13-11-8-9-12(21-11)14(13)16(19)20/h8-14H,1-7H2,(H,17,18)(H,19,20)/t11-,12-,13+,14+/m1/s1. The second-order valence-corrected chi connectivity index (χ2v) is 6.39. The Morgan fingerprint density at radius 3 is 2.14 bits per heavy atom. The number of amides is 1. The number of carbonyl (C=O) groups is 2. The summed E-state index contributed by atoms with van der Waals surface area (Å²) < 4.78 is 5.56. The molecule has 1 aliphatic carbocycles. The number of hydrogen-bond acceptors (Lipinski definition) is 3. The molecule has 1 saturated heterocycles. The van der Waals surface area contributed by atoms with Crippen LogP contribution in [0, 0.1) is 11.8 Å². The van der Waals surface area contributed by atoms with E-state index in [2.05, 4.69) is 5.32 Å². The van der Waals surface area contributed by atoms with Crippen molar-refractivity contribution in [2.45, 2.75) is 63.2 Å². The van der Waals surface area contributed by atoms with Crippen molar-refractivity contribution in [2.75, 3.05) is 0 Å². The van der Waals surface area contributed by atoms with Crippen molar-refractivity contribution in [1.82, 2.24) is 5.32 Å². The molecule has 0 aromatic heterocycles. The number of nitrogens with one attached hydrogen (secondary N) is 1. The van der Waals surface area contributed by atoms with E-state index in [0.29, 0.717) is 0 Å². The van der Waals surface area contributed by atoms with Crippen molar-refractivity contribution in [1.29, 1.82) is 0 Å². The van der Waals surface area contributed by atoms with Crippen molar-refractivity contribution >= 4 is 11.9 Å². The van der Waals surface area contributed by atoms with Gasteiger partial charge in [0.1, 0.15) is 5.92 Å². The van der Waals surface area contributed by atoms with Gasteiger partial charge >= 0.3 is 5.97 Å². The third kappa shape index (κ3) is 2.98. The summed E-state index contributed by atoms with van der Waals surface area (Å²) in [5, 5.41) is 12.4. The molecule has 5 nitrogen and oxygen atoms in total. The smallest absolute Gasteiger partial charge is 0.310 e. The molecule has 2 heterocycles. The number of aliphatic carboxylic acids is 1. The van der Waals surface area contributed by atoms with Gasteiger partial charge in [-0.3, -0.25) is 9.59 Å². The molecular weight excluding hydrogens is 270 g/mol. The van der Waals surface area contributed by atoms with Crippen molar-refractivity contribution in [2.24, 2.45) is 11.8 Å². The zero-order chi connectivity index (χ0) is 14.8. The molecule has 4 atom stereocenters. The highest BCUT2D eigenvalue weighted by atomic mass is 16.5. The molecular formula is C16H23NO4. The number of ether oxygens (including phenoxy) is 1. The van der Waals surface area contributed by atoms with Crippen LogP contribution in [0.25, 0.3) is 0 Å². The first-order valence-corrected chi connectivity index (χ1v) is 8.04. The minimum Gasteiger partial charge on any atom is -0.481 e. The maximum atomic E-state index is 12.5. The first-order valence-electron chi connectivity index (χ1n) is 8.04. The summed E-state index contributed by atoms with van der Waals surface area (Å²) >= 11 is 0. The molecule has 2 bridgehead atoms. The Hall–Kier alpha value is -1.36. The molecule has 0 spiro atoms. The lowest BCUT2D eigenvalue weighted by Gasteiger charge is -2.26. The van der Waals surface area contributed by atoms with Crippen LogP contribution in [0.2, 0.25) is 0 Å². The monoisotopic (exact) mass is 293 g/mol. The van der Waals surface area contributed by atoms with Crippen LogP contribution >= 0.6 is 0 Å². The summed E-state index contributed by atoms with van der Waals surface area (Å²) in [7, 11) is 0. The van der Waals surface area contributed by atoms with Crippen LogP contribution < -0.4 is 5.32 Å². The molecule has 0 radical (unpaired) electrons.